The molecule has 3 rings (SSSR count). The van der Waals surface area contributed by atoms with Crippen molar-refractivity contribution in [3.8, 4) is 22.6 Å². The van der Waals surface area contributed by atoms with E-state index in [1.807, 2.05) is 12.1 Å². The fraction of sp³-hybridized carbons (Fsp3) is 0.400. The molecule has 0 unspecified atom stereocenters. The predicted octanol–water partition coefficient (Wildman–Crippen LogP) is 2.54. The Morgan fingerprint density at radius 2 is 1.81 bits per heavy atom. The fourth-order valence-corrected chi connectivity index (χ4v) is 2.75. The summed E-state index contributed by atoms with van der Waals surface area (Å²) in [6, 6.07) is 3.92. The molecule has 2 heterocycles. The van der Waals surface area contributed by atoms with Crippen LogP contribution in [0.5, 0.6) is 11.5 Å². The minimum absolute atomic E-state index is 0.268. The maximum absolute atomic E-state index is 5.81. The van der Waals surface area contributed by atoms with E-state index in [4.69, 9.17) is 19.7 Å². The van der Waals surface area contributed by atoms with Gasteiger partial charge in [-0.3, -0.25) is 0 Å². The SMILES string of the molecule is COc1cc(N2CCCC2)c(OC)cc1-c1cnoc1N. The van der Waals surface area contributed by atoms with Crippen LogP contribution in [0.2, 0.25) is 0 Å². The number of anilines is 2. The number of benzene rings is 1. The van der Waals surface area contributed by atoms with Crippen LogP contribution in [0.4, 0.5) is 11.6 Å². The molecule has 1 aliphatic rings. The number of ether oxygens (including phenoxy) is 2. The Balaban J connectivity index is 2.11. The van der Waals surface area contributed by atoms with E-state index in [-0.39, 0.29) is 5.88 Å². The van der Waals surface area contributed by atoms with Crippen LogP contribution < -0.4 is 20.1 Å². The highest BCUT2D eigenvalue weighted by Gasteiger charge is 2.21. The third kappa shape index (κ3) is 2.37. The molecule has 1 saturated heterocycles. The van der Waals surface area contributed by atoms with Crippen molar-refractivity contribution in [1.29, 1.82) is 0 Å². The van der Waals surface area contributed by atoms with Crippen molar-refractivity contribution < 1.29 is 14.0 Å². The number of rotatable bonds is 4. The van der Waals surface area contributed by atoms with Gasteiger partial charge in [-0.1, -0.05) is 5.16 Å². The van der Waals surface area contributed by atoms with Gasteiger partial charge in [-0.15, -0.1) is 0 Å². The average molecular weight is 289 g/mol. The van der Waals surface area contributed by atoms with E-state index in [0.717, 1.165) is 35.8 Å². The van der Waals surface area contributed by atoms with Gasteiger partial charge in [-0.05, 0) is 18.9 Å². The second-order valence-corrected chi connectivity index (χ2v) is 5.02. The van der Waals surface area contributed by atoms with Gasteiger partial charge >= 0.3 is 0 Å². The van der Waals surface area contributed by atoms with Crippen molar-refractivity contribution in [1.82, 2.24) is 5.16 Å². The first kappa shape index (κ1) is 13.6. The molecular weight excluding hydrogens is 270 g/mol. The average Bonchev–Trinajstić information content (AvgIpc) is 3.17. The summed E-state index contributed by atoms with van der Waals surface area (Å²) in [6.07, 6.45) is 3.99. The first-order chi connectivity index (χ1) is 10.2. The molecular formula is C15H19N3O3. The first-order valence-electron chi connectivity index (χ1n) is 6.96. The van der Waals surface area contributed by atoms with Crippen molar-refractivity contribution in [3.63, 3.8) is 0 Å². The summed E-state index contributed by atoms with van der Waals surface area (Å²) in [5.74, 6) is 1.80. The van der Waals surface area contributed by atoms with Crippen LogP contribution in [0.3, 0.4) is 0 Å². The van der Waals surface area contributed by atoms with E-state index in [2.05, 4.69) is 10.1 Å². The van der Waals surface area contributed by atoms with E-state index in [1.165, 1.54) is 12.8 Å². The van der Waals surface area contributed by atoms with Gasteiger partial charge in [0.2, 0.25) is 5.88 Å². The van der Waals surface area contributed by atoms with Crippen LogP contribution >= 0.6 is 0 Å². The summed E-state index contributed by atoms with van der Waals surface area (Å²) in [4.78, 5) is 2.31. The van der Waals surface area contributed by atoms with Crippen molar-refractivity contribution in [2.45, 2.75) is 12.8 Å². The number of hydrogen-bond donors (Lipinski definition) is 1. The monoisotopic (exact) mass is 289 g/mol. The van der Waals surface area contributed by atoms with Gasteiger partial charge in [0.15, 0.2) is 0 Å². The first-order valence-corrected chi connectivity index (χ1v) is 6.96. The highest BCUT2D eigenvalue weighted by atomic mass is 16.5. The van der Waals surface area contributed by atoms with E-state index < -0.39 is 0 Å². The molecule has 0 spiro atoms. The van der Waals surface area contributed by atoms with Gasteiger partial charge in [-0.2, -0.15) is 0 Å². The quantitative estimate of drug-likeness (QED) is 0.932. The molecule has 0 bridgehead atoms. The zero-order valence-corrected chi connectivity index (χ0v) is 12.3. The summed E-state index contributed by atoms with van der Waals surface area (Å²) < 4.78 is 16.0. The molecule has 0 amide bonds. The molecule has 0 aliphatic carbocycles. The van der Waals surface area contributed by atoms with E-state index in [9.17, 15) is 0 Å². The number of nitrogens with zero attached hydrogens (tertiary/aromatic N) is 2. The Morgan fingerprint density at radius 3 is 2.38 bits per heavy atom. The maximum atomic E-state index is 5.81. The fourth-order valence-electron chi connectivity index (χ4n) is 2.75. The predicted molar refractivity (Wildman–Crippen MR) is 80.9 cm³/mol. The lowest BCUT2D eigenvalue weighted by Crippen LogP contribution is -2.18. The molecule has 112 valence electrons. The van der Waals surface area contributed by atoms with Gasteiger partial charge in [0.05, 0.1) is 31.7 Å². The van der Waals surface area contributed by atoms with Crippen molar-refractivity contribution in [3.05, 3.63) is 18.3 Å². The lowest BCUT2D eigenvalue weighted by Gasteiger charge is -2.22. The minimum Gasteiger partial charge on any atom is -0.496 e. The van der Waals surface area contributed by atoms with Crippen LogP contribution in [0.25, 0.3) is 11.1 Å². The van der Waals surface area contributed by atoms with Crippen LogP contribution in [0.15, 0.2) is 22.9 Å². The maximum Gasteiger partial charge on any atom is 0.230 e. The largest absolute Gasteiger partial charge is 0.496 e. The molecule has 1 aromatic carbocycles. The van der Waals surface area contributed by atoms with Crippen LogP contribution in [0, 0.1) is 0 Å². The lowest BCUT2D eigenvalue weighted by molar-refractivity contribution is 0.404. The molecule has 0 saturated carbocycles. The van der Waals surface area contributed by atoms with Crippen LogP contribution in [-0.2, 0) is 0 Å². The zero-order chi connectivity index (χ0) is 14.8. The van der Waals surface area contributed by atoms with Gasteiger partial charge in [-0.25, -0.2) is 0 Å². The van der Waals surface area contributed by atoms with E-state index in [0.29, 0.717) is 5.56 Å². The van der Waals surface area contributed by atoms with Gasteiger partial charge < -0.3 is 24.6 Å². The Kier molecular flexibility index (Phi) is 3.60. The topological polar surface area (TPSA) is 73.8 Å². The highest BCUT2D eigenvalue weighted by Crippen LogP contribution is 2.42. The summed E-state index contributed by atoms with van der Waals surface area (Å²) in [7, 11) is 3.31. The van der Waals surface area contributed by atoms with E-state index in [1.54, 1.807) is 20.4 Å². The Labute approximate surface area is 123 Å². The van der Waals surface area contributed by atoms with Gasteiger partial charge in [0, 0.05) is 24.7 Å². The normalized spacial score (nSPS) is 14.5. The molecule has 1 fully saturated rings. The van der Waals surface area contributed by atoms with Crippen molar-refractivity contribution >= 4 is 11.6 Å². The Morgan fingerprint density at radius 1 is 1.10 bits per heavy atom. The lowest BCUT2D eigenvalue weighted by atomic mass is 10.1. The number of methoxy groups -OCH3 is 2. The van der Waals surface area contributed by atoms with Crippen LogP contribution in [-0.4, -0.2) is 32.5 Å². The zero-order valence-electron chi connectivity index (χ0n) is 12.3. The number of hydrogen-bond acceptors (Lipinski definition) is 6. The second-order valence-electron chi connectivity index (χ2n) is 5.02. The summed E-state index contributed by atoms with van der Waals surface area (Å²) in [6.45, 7) is 2.07. The molecule has 2 aromatic rings. The second kappa shape index (κ2) is 5.55. The van der Waals surface area contributed by atoms with Gasteiger partial charge in [0.1, 0.15) is 11.5 Å². The molecule has 6 heteroatoms. The Hall–Kier alpha value is -2.37. The number of nitrogen functional groups attached to an aromatic ring is 1. The molecule has 1 aromatic heterocycles. The molecule has 1 aliphatic heterocycles. The third-order valence-corrected chi connectivity index (χ3v) is 3.84. The molecule has 2 N–H and O–H groups in total. The van der Waals surface area contributed by atoms with Crippen molar-refractivity contribution in [2.75, 3.05) is 37.9 Å². The van der Waals surface area contributed by atoms with Gasteiger partial charge in [0.25, 0.3) is 0 Å². The molecule has 6 nitrogen and oxygen atoms in total. The van der Waals surface area contributed by atoms with Crippen LogP contribution in [0.1, 0.15) is 12.8 Å². The Bertz CT molecular complexity index is 633. The molecule has 0 atom stereocenters. The smallest absolute Gasteiger partial charge is 0.230 e. The molecule has 0 radical (unpaired) electrons. The molecule has 21 heavy (non-hydrogen) atoms. The minimum atomic E-state index is 0.268. The highest BCUT2D eigenvalue weighted by molar-refractivity contribution is 5.82. The standard InChI is InChI=1S/C15H19N3O3/c1-19-13-8-12(18-5-3-4-6-18)14(20-2)7-10(13)11-9-17-21-15(11)16/h7-9H,3-6,16H2,1-2H3. The summed E-state index contributed by atoms with van der Waals surface area (Å²) in [5.41, 5.74) is 8.38. The number of aromatic nitrogens is 1. The third-order valence-electron chi connectivity index (χ3n) is 3.84. The summed E-state index contributed by atoms with van der Waals surface area (Å²) >= 11 is 0. The summed E-state index contributed by atoms with van der Waals surface area (Å²) in [5, 5.41) is 3.72. The number of nitrogens with two attached hydrogens (primary N) is 1. The van der Waals surface area contributed by atoms with E-state index >= 15 is 0 Å². The van der Waals surface area contributed by atoms with Crippen molar-refractivity contribution in [2.24, 2.45) is 0 Å².